The van der Waals surface area contributed by atoms with Gasteiger partial charge in [0.2, 0.25) is 5.91 Å². The Labute approximate surface area is 167 Å². The molecule has 0 atom stereocenters. The highest BCUT2D eigenvalue weighted by Gasteiger charge is 2.19. The number of anilines is 2. The van der Waals surface area contributed by atoms with Crippen LogP contribution in [-0.4, -0.2) is 42.0 Å². The van der Waals surface area contributed by atoms with E-state index in [4.69, 9.17) is 0 Å². The molecule has 1 saturated carbocycles. The van der Waals surface area contributed by atoms with Crippen molar-refractivity contribution in [3.05, 3.63) is 54.2 Å². The van der Waals surface area contributed by atoms with Crippen molar-refractivity contribution in [3.8, 4) is 0 Å². The Kier molecular flexibility index (Phi) is 6.22. The normalized spacial score (nSPS) is 18.4. The van der Waals surface area contributed by atoms with Crippen molar-refractivity contribution in [2.24, 2.45) is 5.92 Å². The summed E-state index contributed by atoms with van der Waals surface area (Å²) in [6.45, 7) is 5.04. The lowest BCUT2D eigenvalue weighted by molar-refractivity contribution is -0.117. The van der Waals surface area contributed by atoms with Crippen molar-refractivity contribution in [3.63, 3.8) is 0 Å². The highest BCUT2D eigenvalue weighted by molar-refractivity contribution is 5.90. The lowest BCUT2D eigenvalue weighted by Gasteiger charge is -2.35. The molecule has 0 bridgehead atoms. The van der Waals surface area contributed by atoms with Crippen molar-refractivity contribution < 1.29 is 4.79 Å². The second-order valence-electron chi connectivity index (χ2n) is 8.05. The quantitative estimate of drug-likeness (QED) is 0.828. The van der Waals surface area contributed by atoms with Gasteiger partial charge in [-0.15, -0.1) is 0 Å². The molecule has 2 fully saturated rings. The molecule has 1 aromatic heterocycles. The van der Waals surface area contributed by atoms with E-state index in [1.165, 1.54) is 31.2 Å². The fourth-order valence-electron chi connectivity index (χ4n) is 4.32. The van der Waals surface area contributed by atoms with Crippen LogP contribution < -0.4 is 10.2 Å². The maximum absolute atomic E-state index is 12.2. The number of nitrogens with one attached hydrogen (secondary N) is 1. The third kappa shape index (κ3) is 5.10. The van der Waals surface area contributed by atoms with Crippen LogP contribution in [0.2, 0.25) is 0 Å². The van der Waals surface area contributed by atoms with Crippen LogP contribution in [0.3, 0.4) is 0 Å². The fourth-order valence-corrected chi connectivity index (χ4v) is 4.32. The fraction of sp³-hybridized carbons (Fsp3) is 0.478. The molecule has 0 spiro atoms. The van der Waals surface area contributed by atoms with Crippen LogP contribution >= 0.6 is 0 Å². The van der Waals surface area contributed by atoms with Crippen LogP contribution in [0.15, 0.2) is 48.7 Å². The molecule has 1 aliphatic heterocycles. The molecule has 5 heteroatoms. The lowest BCUT2D eigenvalue weighted by atomic mass is 10.0. The maximum Gasteiger partial charge on any atom is 0.224 e. The van der Waals surface area contributed by atoms with Crippen LogP contribution in [0, 0.1) is 5.92 Å². The minimum atomic E-state index is 0.158. The van der Waals surface area contributed by atoms with Gasteiger partial charge < -0.3 is 10.2 Å². The molecule has 0 radical (unpaired) electrons. The number of amides is 1. The van der Waals surface area contributed by atoms with Crippen molar-refractivity contribution >= 4 is 17.4 Å². The number of nitrogens with zero attached hydrogens (tertiary/aromatic N) is 3. The van der Waals surface area contributed by atoms with E-state index >= 15 is 0 Å². The Bertz CT molecular complexity index is 748. The van der Waals surface area contributed by atoms with Crippen LogP contribution in [-0.2, 0) is 11.3 Å². The number of hydrogen-bond acceptors (Lipinski definition) is 4. The van der Waals surface area contributed by atoms with Gasteiger partial charge >= 0.3 is 0 Å². The largest absolute Gasteiger partial charge is 0.354 e. The van der Waals surface area contributed by atoms with Gasteiger partial charge in [0.15, 0.2) is 0 Å². The van der Waals surface area contributed by atoms with Gasteiger partial charge in [-0.2, -0.15) is 0 Å². The van der Waals surface area contributed by atoms with Crippen LogP contribution in [0.5, 0.6) is 0 Å². The minimum Gasteiger partial charge on any atom is -0.354 e. The van der Waals surface area contributed by atoms with Crippen LogP contribution in [0.25, 0.3) is 0 Å². The zero-order valence-corrected chi connectivity index (χ0v) is 16.5. The monoisotopic (exact) mass is 378 g/mol. The molecule has 2 heterocycles. The summed E-state index contributed by atoms with van der Waals surface area (Å²) in [5.41, 5.74) is 2.20. The van der Waals surface area contributed by atoms with E-state index in [-0.39, 0.29) is 5.91 Å². The SMILES string of the molecule is O=C(CC1CCCC1)Nc1ccc(CN2CCN(c3ccccn3)CC2)cc1. The number of piperazine rings is 1. The molecule has 28 heavy (non-hydrogen) atoms. The second-order valence-corrected chi connectivity index (χ2v) is 8.05. The Morgan fingerprint density at radius 3 is 2.43 bits per heavy atom. The van der Waals surface area contributed by atoms with Gasteiger partial charge in [-0.25, -0.2) is 4.98 Å². The first-order valence-corrected chi connectivity index (χ1v) is 10.5. The lowest BCUT2D eigenvalue weighted by Crippen LogP contribution is -2.46. The first-order chi connectivity index (χ1) is 13.8. The predicted octanol–water partition coefficient (Wildman–Crippen LogP) is 3.92. The summed E-state index contributed by atoms with van der Waals surface area (Å²) in [7, 11) is 0. The number of carbonyl (C=O) groups excluding carboxylic acids is 1. The van der Waals surface area contributed by atoms with Crippen molar-refractivity contribution in [2.75, 3.05) is 36.4 Å². The number of carbonyl (C=O) groups is 1. The molecule has 148 valence electrons. The number of aromatic nitrogens is 1. The molecule has 0 unspecified atom stereocenters. The molecule has 4 rings (SSSR count). The van der Waals surface area contributed by atoms with E-state index in [0.717, 1.165) is 44.2 Å². The maximum atomic E-state index is 12.2. The highest BCUT2D eigenvalue weighted by Crippen LogP contribution is 2.27. The average Bonchev–Trinajstić information content (AvgIpc) is 3.24. The average molecular weight is 379 g/mol. The first kappa shape index (κ1) is 18.9. The van der Waals surface area contributed by atoms with E-state index in [1.54, 1.807) is 0 Å². The zero-order valence-electron chi connectivity index (χ0n) is 16.5. The van der Waals surface area contributed by atoms with Crippen molar-refractivity contribution in [1.29, 1.82) is 0 Å². The van der Waals surface area contributed by atoms with Crippen molar-refractivity contribution in [2.45, 2.75) is 38.6 Å². The molecule has 1 saturated heterocycles. The zero-order chi connectivity index (χ0) is 19.2. The van der Waals surface area contributed by atoms with E-state index < -0.39 is 0 Å². The van der Waals surface area contributed by atoms with Gasteiger partial charge in [-0.1, -0.05) is 31.0 Å². The Balaban J connectivity index is 1.23. The molecule has 1 amide bonds. The molecule has 1 aliphatic carbocycles. The van der Waals surface area contributed by atoms with Gasteiger partial charge in [0.1, 0.15) is 5.82 Å². The highest BCUT2D eigenvalue weighted by atomic mass is 16.1. The summed E-state index contributed by atoms with van der Waals surface area (Å²) in [6, 6.07) is 14.4. The third-order valence-corrected chi connectivity index (χ3v) is 5.94. The summed E-state index contributed by atoms with van der Waals surface area (Å²) >= 11 is 0. The number of hydrogen-bond donors (Lipinski definition) is 1. The molecular formula is C23H30N4O. The van der Waals surface area contributed by atoms with E-state index in [0.29, 0.717) is 12.3 Å². The van der Waals surface area contributed by atoms with Gasteiger partial charge in [0, 0.05) is 51.0 Å². The second kappa shape index (κ2) is 9.20. The standard InChI is InChI=1S/C23H30N4O/c28-23(17-19-5-1-2-6-19)25-21-10-8-20(9-11-21)18-26-13-15-27(16-14-26)22-7-3-4-12-24-22/h3-4,7-12,19H,1-2,5-6,13-18H2,(H,25,28). The van der Waals surface area contributed by atoms with Gasteiger partial charge in [-0.05, 0) is 48.6 Å². The third-order valence-electron chi connectivity index (χ3n) is 5.94. The van der Waals surface area contributed by atoms with Gasteiger partial charge in [-0.3, -0.25) is 9.69 Å². The van der Waals surface area contributed by atoms with E-state index in [2.05, 4.69) is 38.3 Å². The summed E-state index contributed by atoms with van der Waals surface area (Å²) < 4.78 is 0. The van der Waals surface area contributed by atoms with E-state index in [1.807, 2.05) is 30.5 Å². The van der Waals surface area contributed by atoms with Crippen molar-refractivity contribution in [1.82, 2.24) is 9.88 Å². The number of pyridine rings is 1. The molecule has 2 aliphatic rings. The molecule has 5 nitrogen and oxygen atoms in total. The van der Waals surface area contributed by atoms with Crippen LogP contribution in [0.1, 0.15) is 37.7 Å². The first-order valence-electron chi connectivity index (χ1n) is 10.5. The molecular weight excluding hydrogens is 348 g/mol. The summed E-state index contributed by atoms with van der Waals surface area (Å²) in [5.74, 6) is 1.81. The number of benzene rings is 1. The Morgan fingerprint density at radius 2 is 1.75 bits per heavy atom. The molecule has 1 aromatic carbocycles. The Hall–Kier alpha value is -2.40. The summed E-state index contributed by atoms with van der Waals surface area (Å²) in [4.78, 5) is 21.5. The minimum absolute atomic E-state index is 0.158. The smallest absolute Gasteiger partial charge is 0.224 e. The van der Waals surface area contributed by atoms with Gasteiger partial charge in [0.05, 0.1) is 0 Å². The topological polar surface area (TPSA) is 48.5 Å². The van der Waals surface area contributed by atoms with Crippen LogP contribution in [0.4, 0.5) is 11.5 Å². The molecule has 1 N–H and O–H groups in total. The van der Waals surface area contributed by atoms with E-state index in [9.17, 15) is 4.79 Å². The summed E-state index contributed by atoms with van der Waals surface area (Å²) in [6.07, 6.45) is 7.50. The van der Waals surface area contributed by atoms with Gasteiger partial charge in [0.25, 0.3) is 0 Å². The summed E-state index contributed by atoms with van der Waals surface area (Å²) in [5, 5.41) is 3.06. The predicted molar refractivity (Wildman–Crippen MR) is 113 cm³/mol. The Morgan fingerprint density at radius 1 is 1.00 bits per heavy atom. The number of rotatable bonds is 6. The molecule has 2 aromatic rings.